The number of rotatable bonds is 0. The van der Waals surface area contributed by atoms with Crippen molar-refractivity contribution in [2.75, 3.05) is 0 Å². The Hall–Kier alpha value is -2.53. The molecule has 0 unspecified atom stereocenters. The van der Waals surface area contributed by atoms with Crippen LogP contribution in [0.15, 0.2) is 42.5 Å². The molecule has 1 aliphatic rings. The van der Waals surface area contributed by atoms with Gasteiger partial charge in [0.15, 0.2) is 0 Å². The van der Waals surface area contributed by atoms with Gasteiger partial charge in [0.2, 0.25) is 0 Å². The highest BCUT2D eigenvalue weighted by atomic mass is 16.5. The number of allylic oxidation sites excluding steroid dienone is 2. The van der Waals surface area contributed by atoms with Crippen LogP contribution in [0.1, 0.15) is 30.5 Å². The number of fused-ring (bicyclic) bond motifs is 2. The van der Waals surface area contributed by atoms with E-state index in [1.54, 1.807) is 6.07 Å². The van der Waals surface area contributed by atoms with Gasteiger partial charge in [-0.2, -0.15) is 5.26 Å². The van der Waals surface area contributed by atoms with E-state index >= 15 is 0 Å². The largest absolute Gasteiger partial charge is 0.456 e. The maximum absolute atomic E-state index is 9.03. The molecule has 1 heterocycles. The van der Waals surface area contributed by atoms with Crippen LogP contribution < -0.4 is 4.74 Å². The Morgan fingerprint density at radius 3 is 2.37 bits per heavy atom. The van der Waals surface area contributed by atoms with E-state index in [4.69, 9.17) is 10.00 Å². The third-order valence-corrected chi connectivity index (χ3v) is 3.59. The Labute approximate surface area is 112 Å². The van der Waals surface area contributed by atoms with Crippen LogP contribution in [0.3, 0.4) is 0 Å². The summed E-state index contributed by atoms with van der Waals surface area (Å²) in [5.74, 6) is 1.67. The van der Waals surface area contributed by atoms with E-state index in [1.165, 1.54) is 5.57 Å². The van der Waals surface area contributed by atoms with Gasteiger partial charge in [0.1, 0.15) is 11.5 Å². The Kier molecular flexibility index (Phi) is 2.61. The van der Waals surface area contributed by atoms with Gasteiger partial charge in [0.05, 0.1) is 11.6 Å². The fraction of sp³-hybridized carbons (Fsp3) is 0.118. The summed E-state index contributed by atoms with van der Waals surface area (Å²) in [6, 6.07) is 15.7. The fourth-order valence-corrected chi connectivity index (χ4v) is 2.37. The minimum atomic E-state index is 0.653. The van der Waals surface area contributed by atoms with E-state index in [0.717, 1.165) is 28.2 Å². The van der Waals surface area contributed by atoms with Crippen LogP contribution in [0.25, 0.3) is 11.1 Å². The van der Waals surface area contributed by atoms with Gasteiger partial charge >= 0.3 is 0 Å². The van der Waals surface area contributed by atoms with Crippen molar-refractivity contribution < 1.29 is 4.74 Å². The van der Waals surface area contributed by atoms with Gasteiger partial charge in [-0.15, -0.1) is 0 Å². The average Bonchev–Trinajstić information content (AvgIpc) is 2.56. The van der Waals surface area contributed by atoms with Crippen LogP contribution in [0.2, 0.25) is 0 Å². The number of hydrogen-bond donors (Lipinski definition) is 0. The lowest BCUT2D eigenvalue weighted by atomic mass is 9.96. The molecule has 2 heteroatoms. The predicted octanol–water partition coefficient (Wildman–Crippen LogP) is 4.61. The summed E-state index contributed by atoms with van der Waals surface area (Å²) in [6.07, 6.45) is 0. The van der Waals surface area contributed by atoms with E-state index in [0.29, 0.717) is 5.56 Å². The standard InChI is InChI=1S/C17H13NO/c1-11-12(2)15-9-13(10-18)7-8-17(15)19-16-6-4-3-5-14(11)16/h3-9H,1-2H3. The summed E-state index contributed by atoms with van der Waals surface area (Å²) < 4.78 is 5.99. The van der Waals surface area contributed by atoms with Gasteiger partial charge in [0, 0.05) is 11.1 Å². The molecule has 2 aromatic rings. The molecule has 92 valence electrons. The zero-order valence-corrected chi connectivity index (χ0v) is 10.9. The Morgan fingerprint density at radius 2 is 1.58 bits per heavy atom. The summed E-state index contributed by atoms with van der Waals surface area (Å²) in [5.41, 5.74) is 5.09. The molecule has 0 radical (unpaired) electrons. The summed E-state index contributed by atoms with van der Waals surface area (Å²) in [7, 11) is 0. The second-order valence-electron chi connectivity index (χ2n) is 4.67. The van der Waals surface area contributed by atoms with Gasteiger partial charge in [0.25, 0.3) is 0 Å². The van der Waals surface area contributed by atoms with E-state index < -0.39 is 0 Å². The maximum atomic E-state index is 9.03. The SMILES string of the molecule is CC1=C(C)c2cc(C#N)ccc2Oc2ccccc21. The first-order valence-electron chi connectivity index (χ1n) is 6.20. The first-order chi connectivity index (χ1) is 9.20. The van der Waals surface area contributed by atoms with Crippen LogP contribution in [0, 0.1) is 11.3 Å². The molecule has 0 saturated carbocycles. The predicted molar refractivity (Wildman–Crippen MR) is 75.8 cm³/mol. The van der Waals surface area contributed by atoms with Crippen LogP contribution in [0.4, 0.5) is 0 Å². The zero-order valence-electron chi connectivity index (χ0n) is 10.9. The molecule has 1 aliphatic heterocycles. The molecule has 0 aliphatic carbocycles. The highest BCUT2D eigenvalue weighted by Gasteiger charge is 2.18. The second kappa shape index (κ2) is 4.29. The van der Waals surface area contributed by atoms with Crippen molar-refractivity contribution in [2.45, 2.75) is 13.8 Å². The van der Waals surface area contributed by atoms with Crippen molar-refractivity contribution in [1.82, 2.24) is 0 Å². The van der Waals surface area contributed by atoms with Crippen LogP contribution in [-0.4, -0.2) is 0 Å². The second-order valence-corrected chi connectivity index (χ2v) is 4.67. The van der Waals surface area contributed by atoms with E-state index in [-0.39, 0.29) is 0 Å². The summed E-state index contributed by atoms with van der Waals surface area (Å²) >= 11 is 0. The molecule has 0 saturated heterocycles. The summed E-state index contributed by atoms with van der Waals surface area (Å²) in [4.78, 5) is 0. The minimum absolute atomic E-state index is 0.653. The van der Waals surface area contributed by atoms with Crippen LogP contribution >= 0.6 is 0 Å². The normalized spacial score (nSPS) is 12.9. The van der Waals surface area contributed by atoms with Crippen LogP contribution in [0.5, 0.6) is 11.5 Å². The number of nitrogens with zero attached hydrogens (tertiary/aromatic N) is 1. The van der Waals surface area contributed by atoms with Gasteiger partial charge < -0.3 is 4.74 Å². The Bertz CT molecular complexity index is 735. The number of nitriles is 1. The minimum Gasteiger partial charge on any atom is -0.456 e. The van der Waals surface area contributed by atoms with E-state index in [2.05, 4.69) is 26.0 Å². The smallest absolute Gasteiger partial charge is 0.135 e. The third-order valence-electron chi connectivity index (χ3n) is 3.59. The van der Waals surface area contributed by atoms with Gasteiger partial charge in [-0.25, -0.2) is 0 Å². The molecule has 0 atom stereocenters. The molecule has 0 amide bonds. The fourth-order valence-electron chi connectivity index (χ4n) is 2.37. The number of para-hydroxylation sites is 1. The van der Waals surface area contributed by atoms with Crippen molar-refractivity contribution in [1.29, 1.82) is 5.26 Å². The number of benzene rings is 2. The molecule has 19 heavy (non-hydrogen) atoms. The monoisotopic (exact) mass is 247 g/mol. The number of ether oxygens (including phenoxy) is 1. The van der Waals surface area contributed by atoms with Gasteiger partial charge in [-0.3, -0.25) is 0 Å². The van der Waals surface area contributed by atoms with Gasteiger partial charge in [-0.1, -0.05) is 18.2 Å². The Balaban J connectivity index is 2.30. The third kappa shape index (κ3) is 1.80. The topological polar surface area (TPSA) is 33.0 Å². The highest BCUT2D eigenvalue weighted by Crippen LogP contribution is 2.41. The first-order valence-corrected chi connectivity index (χ1v) is 6.20. The van der Waals surface area contributed by atoms with Crippen molar-refractivity contribution in [3.63, 3.8) is 0 Å². The molecule has 0 spiro atoms. The summed E-state index contributed by atoms with van der Waals surface area (Å²) in [5, 5.41) is 9.03. The van der Waals surface area contributed by atoms with Crippen molar-refractivity contribution in [3.8, 4) is 17.6 Å². The molecular formula is C17H13NO. The molecule has 3 rings (SSSR count). The maximum Gasteiger partial charge on any atom is 0.135 e. The molecule has 0 fully saturated rings. The molecule has 2 nitrogen and oxygen atoms in total. The van der Waals surface area contributed by atoms with Gasteiger partial charge in [-0.05, 0) is 49.3 Å². The summed E-state index contributed by atoms with van der Waals surface area (Å²) in [6.45, 7) is 4.16. The zero-order chi connectivity index (χ0) is 13.4. The number of hydrogen-bond acceptors (Lipinski definition) is 2. The quantitative estimate of drug-likeness (QED) is 0.680. The van der Waals surface area contributed by atoms with Crippen LogP contribution in [-0.2, 0) is 0 Å². The Morgan fingerprint density at radius 1 is 0.895 bits per heavy atom. The first kappa shape index (κ1) is 11.6. The highest BCUT2D eigenvalue weighted by molar-refractivity contribution is 5.93. The molecule has 2 aromatic carbocycles. The molecule has 0 N–H and O–H groups in total. The van der Waals surface area contributed by atoms with Crippen molar-refractivity contribution in [3.05, 3.63) is 59.2 Å². The lowest BCUT2D eigenvalue weighted by Crippen LogP contribution is -1.89. The van der Waals surface area contributed by atoms with E-state index in [9.17, 15) is 0 Å². The molecular weight excluding hydrogens is 234 g/mol. The average molecular weight is 247 g/mol. The van der Waals surface area contributed by atoms with Crippen molar-refractivity contribution >= 4 is 11.1 Å². The lowest BCUT2D eigenvalue weighted by molar-refractivity contribution is 0.481. The van der Waals surface area contributed by atoms with Crippen molar-refractivity contribution in [2.24, 2.45) is 0 Å². The van der Waals surface area contributed by atoms with E-state index in [1.807, 2.05) is 30.3 Å². The molecule has 0 aromatic heterocycles. The lowest BCUT2D eigenvalue weighted by Gasteiger charge is -2.09. The molecule has 0 bridgehead atoms.